The molecule has 0 fully saturated rings. The van der Waals surface area contributed by atoms with E-state index in [1.54, 1.807) is 24.7 Å². The predicted molar refractivity (Wildman–Crippen MR) is 74.2 cm³/mol. The Bertz CT molecular complexity index is 1090. The molecular formula is C15H12N5+. The van der Waals surface area contributed by atoms with E-state index < -0.39 is 6.98 Å². The SMILES string of the molecule is [2H]C([2H])([2H])[n+]1c2n(c3cc4ncccn4c31)Cc1cnccc1-2. The van der Waals surface area contributed by atoms with Crippen molar-refractivity contribution >= 4 is 16.8 Å². The van der Waals surface area contributed by atoms with Crippen LogP contribution in [0.2, 0.25) is 0 Å². The molecule has 5 nitrogen and oxygen atoms in total. The van der Waals surface area contributed by atoms with Crippen LogP contribution in [0, 0.1) is 0 Å². The van der Waals surface area contributed by atoms with E-state index >= 15 is 0 Å². The van der Waals surface area contributed by atoms with E-state index in [4.69, 9.17) is 4.11 Å². The van der Waals surface area contributed by atoms with Gasteiger partial charge in [0, 0.05) is 30.2 Å². The second-order valence-electron chi connectivity index (χ2n) is 4.98. The number of nitrogens with zero attached hydrogens (tertiary/aromatic N) is 5. The molecule has 1 aliphatic heterocycles. The van der Waals surface area contributed by atoms with Crippen LogP contribution in [-0.4, -0.2) is 18.9 Å². The van der Waals surface area contributed by atoms with Gasteiger partial charge in [-0.25, -0.2) is 18.5 Å². The second kappa shape index (κ2) is 3.25. The first-order valence-electron chi connectivity index (χ1n) is 7.90. The van der Waals surface area contributed by atoms with Gasteiger partial charge < -0.3 is 0 Å². The number of hydrogen-bond donors (Lipinski definition) is 0. The van der Waals surface area contributed by atoms with Gasteiger partial charge in [0.2, 0.25) is 5.82 Å². The van der Waals surface area contributed by atoms with Gasteiger partial charge in [-0.3, -0.25) is 4.98 Å². The Hall–Kier alpha value is -2.69. The molecule has 0 saturated heterocycles. The summed E-state index contributed by atoms with van der Waals surface area (Å²) < 4.78 is 29.4. The Balaban J connectivity index is 2.01. The number of hydrogen-bond acceptors (Lipinski definition) is 2. The summed E-state index contributed by atoms with van der Waals surface area (Å²) in [4.78, 5) is 8.48. The minimum Gasteiger partial charge on any atom is -0.264 e. The van der Waals surface area contributed by atoms with Crippen LogP contribution < -0.4 is 4.57 Å². The lowest BCUT2D eigenvalue weighted by Gasteiger charge is -1.97. The average molecular weight is 265 g/mol. The van der Waals surface area contributed by atoms with Gasteiger partial charge in [0.25, 0.3) is 5.65 Å². The van der Waals surface area contributed by atoms with Crippen LogP contribution in [0.4, 0.5) is 0 Å². The molecule has 0 radical (unpaired) electrons. The standard InChI is InChI=1S/C15H12N5/c1-18-14-11-3-5-16-8-10(11)9-20(14)12-7-13-17-4-2-6-19(13)15(12)18/h2-8H,9H2,1H3/q+1/i1D3. The number of imidazole rings is 1. The molecule has 0 bridgehead atoms. The number of aryl methyl sites for hydroxylation is 1. The third-order valence-corrected chi connectivity index (χ3v) is 3.94. The fraction of sp³-hybridized carbons (Fsp3) is 0.133. The molecule has 0 spiro atoms. The maximum absolute atomic E-state index is 8.03. The number of pyridine rings is 1. The van der Waals surface area contributed by atoms with Crippen molar-refractivity contribution in [3.63, 3.8) is 0 Å². The van der Waals surface area contributed by atoms with Gasteiger partial charge in [-0.1, -0.05) is 0 Å². The fourth-order valence-electron chi connectivity index (χ4n) is 3.10. The zero-order valence-electron chi connectivity index (χ0n) is 13.5. The summed E-state index contributed by atoms with van der Waals surface area (Å²) in [5.41, 5.74) is 4.20. The molecule has 0 saturated carbocycles. The van der Waals surface area contributed by atoms with Crippen LogP contribution in [0.3, 0.4) is 0 Å². The topological polar surface area (TPSA) is 39.0 Å². The maximum Gasteiger partial charge on any atom is 0.274 e. The minimum absolute atomic E-state index is 0.620. The summed E-state index contributed by atoms with van der Waals surface area (Å²) in [5.74, 6) is 0.700. The summed E-state index contributed by atoms with van der Waals surface area (Å²) >= 11 is 0. The lowest BCUT2D eigenvalue weighted by atomic mass is 10.2. The maximum atomic E-state index is 8.03. The molecule has 96 valence electrons. The van der Waals surface area contributed by atoms with Crippen molar-refractivity contribution in [2.24, 2.45) is 6.98 Å². The third-order valence-electron chi connectivity index (χ3n) is 3.94. The van der Waals surface area contributed by atoms with Gasteiger partial charge in [0.1, 0.15) is 0 Å². The summed E-state index contributed by atoms with van der Waals surface area (Å²) in [7, 11) is 0. The molecule has 0 aromatic carbocycles. The van der Waals surface area contributed by atoms with Crippen molar-refractivity contribution in [1.82, 2.24) is 18.9 Å². The molecule has 0 unspecified atom stereocenters. The van der Waals surface area contributed by atoms with Crippen LogP contribution in [0.5, 0.6) is 0 Å². The number of fused-ring (bicyclic) bond motifs is 7. The van der Waals surface area contributed by atoms with Crippen LogP contribution >= 0.6 is 0 Å². The Morgan fingerprint density at radius 2 is 2.40 bits per heavy atom. The highest BCUT2D eigenvalue weighted by Crippen LogP contribution is 2.33. The molecule has 0 aliphatic carbocycles. The van der Waals surface area contributed by atoms with Crippen molar-refractivity contribution in [2.75, 3.05) is 0 Å². The van der Waals surface area contributed by atoms with Gasteiger partial charge in [0.05, 0.1) is 29.4 Å². The van der Waals surface area contributed by atoms with Crippen molar-refractivity contribution < 1.29 is 8.68 Å². The molecule has 0 amide bonds. The quantitative estimate of drug-likeness (QED) is 0.398. The normalized spacial score (nSPS) is 15.9. The second-order valence-corrected chi connectivity index (χ2v) is 4.98. The van der Waals surface area contributed by atoms with E-state index in [0.29, 0.717) is 18.0 Å². The zero-order valence-corrected chi connectivity index (χ0v) is 10.5. The first-order chi connectivity index (χ1) is 11.1. The van der Waals surface area contributed by atoms with E-state index in [0.717, 1.165) is 22.3 Å². The number of aromatic nitrogens is 5. The summed E-state index contributed by atoms with van der Waals surface area (Å²) in [5, 5.41) is 0. The molecule has 0 atom stereocenters. The van der Waals surface area contributed by atoms with Gasteiger partial charge in [-0.15, -0.1) is 0 Å². The third kappa shape index (κ3) is 1.02. The lowest BCUT2D eigenvalue weighted by Crippen LogP contribution is -2.30. The molecular weight excluding hydrogens is 250 g/mol. The summed E-state index contributed by atoms with van der Waals surface area (Å²) in [6, 6.07) is 5.61. The van der Waals surface area contributed by atoms with Gasteiger partial charge in [0.15, 0.2) is 11.2 Å². The first kappa shape index (κ1) is 7.79. The van der Waals surface area contributed by atoms with Gasteiger partial charge in [-0.2, -0.15) is 0 Å². The lowest BCUT2D eigenvalue weighted by molar-refractivity contribution is -0.636. The highest BCUT2D eigenvalue weighted by Gasteiger charge is 2.32. The van der Waals surface area contributed by atoms with Gasteiger partial charge >= 0.3 is 0 Å². The van der Waals surface area contributed by atoms with Crippen molar-refractivity contribution in [3.8, 4) is 11.4 Å². The van der Waals surface area contributed by atoms with E-state index in [1.165, 1.54) is 4.57 Å². The van der Waals surface area contributed by atoms with Crippen LogP contribution in [0.25, 0.3) is 28.2 Å². The van der Waals surface area contributed by atoms with E-state index in [1.807, 2.05) is 27.3 Å². The molecule has 1 aliphatic rings. The zero-order chi connectivity index (χ0) is 15.8. The largest absolute Gasteiger partial charge is 0.274 e. The van der Waals surface area contributed by atoms with Crippen LogP contribution in [0.15, 0.2) is 43.0 Å². The van der Waals surface area contributed by atoms with Crippen molar-refractivity contribution in [1.29, 1.82) is 0 Å². The molecule has 5 rings (SSSR count). The molecule has 5 heteroatoms. The van der Waals surface area contributed by atoms with Gasteiger partial charge in [-0.05, 0) is 12.1 Å². The van der Waals surface area contributed by atoms with E-state index in [9.17, 15) is 0 Å². The predicted octanol–water partition coefficient (Wildman–Crippen LogP) is 1.54. The Morgan fingerprint density at radius 1 is 1.40 bits per heavy atom. The van der Waals surface area contributed by atoms with E-state index in [-0.39, 0.29) is 0 Å². The molecule has 4 aromatic heterocycles. The first-order valence-corrected chi connectivity index (χ1v) is 6.40. The molecule has 4 aromatic rings. The summed E-state index contributed by atoms with van der Waals surface area (Å²) in [6.07, 6.45) is 7.04. The molecule has 20 heavy (non-hydrogen) atoms. The smallest absolute Gasteiger partial charge is 0.264 e. The highest BCUT2D eigenvalue weighted by atomic mass is 15.2. The van der Waals surface area contributed by atoms with Crippen LogP contribution in [-0.2, 0) is 13.5 Å². The Labute approximate surface area is 119 Å². The van der Waals surface area contributed by atoms with Crippen molar-refractivity contribution in [2.45, 2.75) is 6.54 Å². The summed E-state index contributed by atoms with van der Waals surface area (Å²) in [6.45, 7) is -1.66. The van der Waals surface area contributed by atoms with Crippen molar-refractivity contribution in [3.05, 3.63) is 48.5 Å². The highest BCUT2D eigenvalue weighted by molar-refractivity contribution is 5.82. The average Bonchev–Trinajstić information content (AvgIpc) is 3.13. The fourth-order valence-corrected chi connectivity index (χ4v) is 3.10. The Morgan fingerprint density at radius 3 is 3.35 bits per heavy atom. The number of rotatable bonds is 0. The molecule has 5 heterocycles. The van der Waals surface area contributed by atoms with Crippen LogP contribution in [0.1, 0.15) is 9.68 Å². The minimum atomic E-state index is -2.28. The Kier molecular flexibility index (Phi) is 1.27. The monoisotopic (exact) mass is 265 g/mol. The molecule has 0 N–H and O–H groups in total. The van der Waals surface area contributed by atoms with E-state index in [2.05, 4.69) is 9.97 Å².